The lowest BCUT2D eigenvalue weighted by Crippen LogP contribution is -2.24. The molecular weight excluding hydrogens is 383 g/mol. The van der Waals surface area contributed by atoms with Crippen LogP contribution >= 0.6 is 22.7 Å². The number of benzene rings is 1. The maximum atomic E-state index is 13.2. The molecule has 1 aromatic carbocycles. The van der Waals surface area contributed by atoms with Gasteiger partial charge in [-0.3, -0.25) is 4.79 Å². The second kappa shape index (κ2) is 7.21. The average Bonchev–Trinajstić information content (AvgIpc) is 3.27. The Hall–Kier alpha value is -2.58. The zero-order valence-electron chi connectivity index (χ0n) is 14.8. The minimum Gasteiger partial charge on any atom is -0.366 e. The highest BCUT2D eigenvalue weighted by atomic mass is 32.1. The van der Waals surface area contributed by atoms with Gasteiger partial charge in [-0.05, 0) is 38.1 Å². The first-order valence-electron chi connectivity index (χ1n) is 8.48. The summed E-state index contributed by atoms with van der Waals surface area (Å²) in [6.07, 6.45) is 0. The van der Waals surface area contributed by atoms with Crippen molar-refractivity contribution in [2.75, 3.05) is 11.4 Å². The van der Waals surface area contributed by atoms with E-state index in [9.17, 15) is 9.18 Å². The Kier molecular flexibility index (Phi) is 4.75. The van der Waals surface area contributed by atoms with Gasteiger partial charge in [0.2, 0.25) is 0 Å². The summed E-state index contributed by atoms with van der Waals surface area (Å²) in [7, 11) is 0. The third kappa shape index (κ3) is 3.38. The van der Waals surface area contributed by atoms with Crippen molar-refractivity contribution in [3.05, 3.63) is 68.0 Å². The van der Waals surface area contributed by atoms with E-state index in [1.54, 1.807) is 28.1 Å². The SMILES string of the molecule is CCN(Cc1cc(=O)n2c(-c3cscn3)c(C)sc2n1)c1ccc(F)cc1. The van der Waals surface area contributed by atoms with E-state index >= 15 is 0 Å². The highest BCUT2D eigenvalue weighted by molar-refractivity contribution is 7.17. The maximum absolute atomic E-state index is 13.2. The fourth-order valence-electron chi connectivity index (χ4n) is 3.06. The summed E-state index contributed by atoms with van der Waals surface area (Å²) >= 11 is 2.98. The maximum Gasteiger partial charge on any atom is 0.259 e. The molecule has 3 heterocycles. The Morgan fingerprint density at radius 2 is 2.04 bits per heavy atom. The van der Waals surface area contributed by atoms with Crippen LogP contribution in [0.25, 0.3) is 16.3 Å². The summed E-state index contributed by atoms with van der Waals surface area (Å²) in [5.74, 6) is -0.267. The second-order valence-corrected chi connectivity index (χ2v) is 7.98. The van der Waals surface area contributed by atoms with Crippen molar-refractivity contribution in [2.24, 2.45) is 0 Å². The topological polar surface area (TPSA) is 50.5 Å². The molecule has 0 N–H and O–H groups in total. The van der Waals surface area contributed by atoms with E-state index in [-0.39, 0.29) is 11.4 Å². The molecule has 27 heavy (non-hydrogen) atoms. The quantitative estimate of drug-likeness (QED) is 0.500. The van der Waals surface area contributed by atoms with E-state index in [2.05, 4.69) is 9.88 Å². The predicted octanol–water partition coefficient (Wildman–Crippen LogP) is 4.35. The smallest absolute Gasteiger partial charge is 0.259 e. The Balaban J connectivity index is 1.73. The second-order valence-electron chi connectivity index (χ2n) is 6.07. The molecule has 0 saturated carbocycles. The monoisotopic (exact) mass is 400 g/mol. The lowest BCUT2D eigenvalue weighted by Gasteiger charge is -2.22. The molecule has 0 fully saturated rings. The summed E-state index contributed by atoms with van der Waals surface area (Å²) in [6, 6.07) is 7.92. The third-order valence-corrected chi connectivity index (χ3v) is 5.89. The number of nitrogens with zero attached hydrogens (tertiary/aromatic N) is 4. The van der Waals surface area contributed by atoms with Gasteiger partial charge in [0.05, 0.1) is 29.1 Å². The van der Waals surface area contributed by atoms with Crippen LogP contribution < -0.4 is 10.5 Å². The number of anilines is 1. The summed E-state index contributed by atoms with van der Waals surface area (Å²) in [5.41, 5.74) is 4.83. The van der Waals surface area contributed by atoms with Crippen molar-refractivity contribution in [1.82, 2.24) is 14.4 Å². The zero-order valence-corrected chi connectivity index (χ0v) is 16.5. The molecule has 0 aliphatic heterocycles. The minimum atomic E-state index is -0.267. The van der Waals surface area contributed by atoms with Gasteiger partial charge in [-0.25, -0.2) is 18.8 Å². The number of rotatable bonds is 5. The molecule has 0 saturated heterocycles. The summed E-state index contributed by atoms with van der Waals surface area (Å²) < 4.78 is 14.8. The van der Waals surface area contributed by atoms with Crippen LogP contribution in [0.5, 0.6) is 0 Å². The first-order valence-corrected chi connectivity index (χ1v) is 10.2. The van der Waals surface area contributed by atoms with Gasteiger partial charge in [0, 0.05) is 28.6 Å². The van der Waals surface area contributed by atoms with Crippen molar-refractivity contribution >= 4 is 33.3 Å². The van der Waals surface area contributed by atoms with E-state index in [1.165, 1.54) is 34.8 Å². The molecular formula is C19H17FN4OS2. The van der Waals surface area contributed by atoms with Crippen LogP contribution in [0.1, 0.15) is 17.5 Å². The lowest BCUT2D eigenvalue weighted by atomic mass is 10.2. The van der Waals surface area contributed by atoms with Crippen molar-refractivity contribution in [1.29, 1.82) is 0 Å². The van der Waals surface area contributed by atoms with Gasteiger partial charge in [0.15, 0.2) is 4.96 Å². The zero-order chi connectivity index (χ0) is 19.0. The van der Waals surface area contributed by atoms with Crippen LogP contribution in [0.4, 0.5) is 10.1 Å². The fraction of sp³-hybridized carbons (Fsp3) is 0.211. The molecule has 0 bridgehead atoms. The van der Waals surface area contributed by atoms with Crippen LogP contribution in [-0.2, 0) is 6.54 Å². The van der Waals surface area contributed by atoms with Gasteiger partial charge in [0.25, 0.3) is 5.56 Å². The molecule has 3 aromatic heterocycles. The lowest BCUT2D eigenvalue weighted by molar-refractivity contribution is 0.627. The van der Waals surface area contributed by atoms with E-state index in [1.807, 2.05) is 19.2 Å². The Bertz CT molecular complexity index is 1130. The van der Waals surface area contributed by atoms with Gasteiger partial charge >= 0.3 is 0 Å². The third-order valence-electron chi connectivity index (χ3n) is 4.34. The summed E-state index contributed by atoms with van der Waals surface area (Å²) in [5, 5.41) is 1.93. The van der Waals surface area contributed by atoms with Gasteiger partial charge in [-0.2, -0.15) is 0 Å². The van der Waals surface area contributed by atoms with Crippen molar-refractivity contribution in [2.45, 2.75) is 20.4 Å². The van der Waals surface area contributed by atoms with Crippen LogP contribution in [0.2, 0.25) is 0 Å². The van der Waals surface area contributed by atoms with Gasteiger partial charge in [-0.1, -0.05) is 0 Å². The Morgan fingerprint density at radius 3 is 2.70 bits per heavy atom. The molecule has 5 nitrogen and oxygen atoms in total. The molecule has 138 valence electrons. The normalized spacial score (nSPS) is 11.2. The van der Waals surface area contributed by atoms with Crippen LogP contribution in [0.15, 0.2) is 46.0 Å². The number of fused-ring (bicyclic) bond motifs is 1. The minimum absolute atomic E-state index is 0.113. The molecule has 0 aliphatic carbocycles. The van der Waals surface area contributed by atoms with E-state index < -0.39 is 0 Å². The molecule has 0 amide bonds. The summed E-state index contributed by atoms with van der Waals surface area (Å²) in [6.45, 7) is 5.20. The van der Waals surface area contributed by atoms with E-state index in [4.69, 9.17) is 4.98 Å². The van der Waals surface area contributed by atoms with Crippen LogP contribution in [0, 0.1) is 12.7 Å². The Labute approximate surface area is 163 Å². The first kappa shape index (κ1) is 17.8. The Morgan fingerprint density at radius 1 is 1.26 bits per heavy atom. The van der Waals surface area contributed by atoms with E-state index in [0.717, 1.165) is 28.5 Å². The number of aryl methyl sites for hydroxylation is 1. The largest absolute Gasteiger partial charge is 0.366 e. The van der Waals surface area contributed by atoms with Crippen LogP contribution in [0.3, 0.4) is 0 Å². The van der Waals surface area contributed by atoms with Crippen LogP contribution in [-0.4, -0.2) is 20.9 Å². The molecule has 4 aromatic rings. The number of hydrogen-bond donors (Lipinski definition) is 0. The van der Waals surface area contributed by atoms with Gasteiger partial charge in [0.1, 0.15) is 5.82 Å². The molecule has 0 unspecified atom stereocenters. The highest BCUT2D eigenvalue weighted by Crippen LogP contribution is 2.29. The van der Waals surface area contributed by atoms with Crippen molar-refractivity contribution in [3.63, 3.8) is 0 Å². The molecule has 0 radical (unpaired) electrons. The van der Waals surface area contributed by atoms with Crippen molar-refractivity contribution in [3.8, 4) is 11.4 Å². The summed E-state index contributed by atoms with van der Waals surface area (Å²) in [4.78, 5) is 25.6. The van der Waals surface area contributed by atoms with E-state index in [0.29, 0.717) is 17.2 Å². The first-order chi connectivity index (χ1) is 13.1. The average molecular weight is 401 g/mol. The molecule has 8 heteroatoms. The fourth-order valence-corrected chi connectivity index (χ4v) is 4.60. The number of aromatic nitrogens is 3. The molecule has 0 aliphatic rings. The molecule has 4 rings (SSSR count). The molecule has 0 spiro atoms. The van der Waals surface area contributed by atoms with Gasteiger partial charge in [-0.15, -0.1) is 22.7 Å². The van der Waals surface area contributed by atoms with Gasteiger partial charge < -0.3 is 4.90 Å². The number of halogens is 1. The number of thiazole rings is 2. The predicted molar refractivity (Wildman–Crippen MR) is 108 cm³/mol. The van der Waals surface area contributed by atoms with Crippen molar-refractivity contribution < 1.29 is 4.39 Å². The molecule has 0 atom stereocenters. The number of hydrogen-bond acceptors (Lipinski definition) is 6. The highest BCUT2D eigenvalue weighted by Gasteiger charge is 2.17. The standard InChI is InChI=1S/C19H17FN4OS2/c1-3-23(15-6-4-13(20)5-7-15)9-14-8-17(25)24-18(16-10-26-11-21-16)12(2)27-19(24)22-14/h4-8,10-11H,3,9H2,1-2H3.